The van der Waals surface area contributed by atoms with Gasteiger partial charge in [0, 0.05) is 23.5 Å². The predicted octanol–water partition coefficient (Wildman–Crippen LogP) is 4.91. The molecule has 3 amide bonds. The number of amides is 3. The summed E-state index contributed by atoms with van der Waals surface area (Å²) in [4.78, 5) is 29.7. The number of carbonyl (C=O) groups excluding carboxylic acids is 2. The molecule has 31 heavy (non-hydrogen) atoms. The van der Waals surface area contributed by atoms with Crippen molar-refractivity contribution >= 4 is 29.3 Å². The summed E-state index contributed by atoms with van der Waals surface area (Å²) >= 11 is 0. The number of nitrogens with zero attached hydrogens (tertiary/aromatic N) is 1. The van der Waals surface area contributed by atoms with Crippen LogP contribution in [0.1, 0.15) is 62.0 Å². The highest BCUT2D eigenvalue weighted by Gasteiger charge is 2.37. The highest BCUT2D eigenvalue weighted by Crippen LogP contribution is 2.38. The topological polar surface area (TPSA) is 91.2 Å². The molecule has 7 heteroatoms. The van der Waals surface area contributed by atoms with E-state index in [9.17, 15) is 14.0 Å². The number of carbonyl (C=O) groups is 2. The molecule has 0 atom stereocenters. The first kappa shape index (κ1) is 24.3. The van der Waals surface area contributed by atoms with Crippen molar-refractivity contribution in [3.63, 3.8) is 0 Å². The summed E-state index contributed by atoms with van der Waals surface area (Å²) in [6.07, 6.45) is 5.83. The second-order valence-corrected chi connectivity index (χ2v) is 7.64. The number of benzene rings is 1. The molecular weight excluding hydrogens is 395 g/mol. The lowest BCUT2D eigenvalue weighted by molar-refractivity contribution is -0.112. The number of hydrogen-bond acceptors (Lipinski definition) is 3. The summed E-state index contributed by atoms with van der Waals surface area (Å²) in [7, 11) is 0. The second kappa shape index (κ2) is 11.5. The maximum Gasteiger partial charge on any atom is 0.329 e. The maximum absolute atomic E-state index is 13.8. The maximum atomic E-state index is 13.8. The SMILES string of the molecule is CCCCN.CCCCNC(=O)N1C(=O)/C(=C\c2[nH]c(C)cc2C)c2cc(F)ccc21. The molecule has 168 valence electrons. The third-order valence-corrected chi connectivity index (χ3v) is 4.97. The number of aromatic amines is 1. The molecule has 2 heterocycles. The molecular formula is C24H33FN4O2. The van der Waals surface area contributed by atoms with Gasteiger partial charge in [-0.25, -0.2) is 14.1 Å². The Morgan fingerprint density at radius 2 is 1.90 bits per heavy atom. The minimum atomic E-state index is -0.487. The third kappa shape index (κ3) is 6.04. The first-order valence-electron chi connectivity index (χ1n) is 10.8. The number of urea groups is 1. The number of aromatic nitrogens is 1. The van der Waals surface area contributed by atoms with E-state index in [-0.39, 0.29) is 0 Å². The molecule has 1 aliphatic rings. The molecule has 0 radical (unpaired) electrons. The van der Waals surface area contributed by atoms with Gasteiger partial charge in [0.05, 0.1) is 11.3 Å². The molecule has 3 rings (SSSR count). The zero-order valence-corrected chi connectivity index (χ0v) is 18.8. The van der Waals surface area contributed by atoms with E-state index in [1.165, 1.54) is 31.0 Å². The Morgan fingerprint density at radius 3 is 2.45 bits per heavy atom. The summed E-state index contributed by atoms with van der Waals surface area (Å²) in [6, 6.07) is 5.50. The van der Waals surface area contributed by atoms with Gasteiger partial charge in [-0.15, -0.1) is 0 Å². The van der Waals surface area contributed by atoms with Crippen LogP contribution in [0.25, 0.3) is 11.6 Å². The number of unbranched alkanes of at least 4 members (excludes halogenated alkanes) is 2. The molecule has 0 fully saturated rings. The number of rotatable bonds is 6. The average Bonchev–Trinajstić information content (AvgIpc) is 3.18. The zero-order valence-electron chi connectivity index (χ0n) is 18.8. The van der Waals surface area contributed by atoms with Crippen LogP contribution < -0.4 is 16.0 Å². The predicted molar refractivity (Wildman–Crippen MR) is 124 cm³/mol. The number of halogens is 1. The summed E-state index contributed by atoms with van der Waals surface area (Å²) in [5.74, 6) is -0.902. The first-order chi connectivity index (χ1) is 14.8. The third-order valence-electron chi connectivity index (χ3n) is 4.97. The van der Waals surface area contributed by atoms with Gasteiger partial charge in [0.15, 0.2) is 0 Å². The Bertz CT molecular complexity index is 947. The number of hydrogen-bond donors (Lipinski definition) is 3. The molecule has 6 nitrogen and oxygen atoms in total. The Labute approximate surface area is 183 Å². The fourth-order valence-corrected chi connectivity index (χ4v) is 3.30. The van der Waals surface area contributed by atoms with Crippen molar-refractivity contribution in [2.75, 3.05) is 18.0 Å². The summed E-state index contributed by atoms with van der Waals surface area (Å²) in [5, 5.41) is 2.75. The monoisotopic (exact) mass is 428 g/mol. The van der Waals surface area contributed by atoms with Crippen LogP contribution in [0.4, 0.5) is 14.9 Å². The van der Waals surface area contributed by atoms with Crippen LogP contribution in [0, 0.1) is 19.7 Å². The molecule has 0 unspecified atom stereocenters. The Morgan fingerprint density at radius 1 is 1.19 bits per heavy atom. The van der Waals surface area contributed by atoms with Crippen molar-refractivity contribution in [2.45, 2.75) is 53.4 Å². The van der Waals surface area contributed by atoms with Gasteiger partial charge in [-0.2, -0.15) is 0 Å². The first-order valence-corrected chi connectivity index (χ1v) is 10.8. The highest BCUT2D eigenvalue weighted by atomic mass is 19.1. The molecule has 1 aromatic carbocycles. The van der Waals surface area contributed by atoms with Crippen molar-refractivity contribution in [3.8, 4) is 0 Å². The van der Waals surface area contributed by atoms with Crippen LogP contribution >= 0.6 is 0 Å². The second-order valence-electron chi connectivity index (χ2n) is 7.64. The van der Waals surface area contributed by atoms with E-state index in [1.54, 1.807) is 6.08 Å². The van der Waals surface area contributed by atoms with Crippen LogP contribution in [0.15, 0.2) is 24.3 Å². The van der Waals surface area contributed by atoms with Crippen LogP contribution in [-0.2, 0) is 4.79 Å². The van der Waals surface area contributed by atoms with Crippen molar-refractivity contribution in [3.05, 3.63) is 52.6 Å². The van der Waals surface area contributed by atoms with Gasteiger partial charge in [0.1, 0.15) is 5.82 Å². The highest BCUT2D eigenvalue weighted by molar-refractivity contribution is 6.41. The van der Waals surface area contributed by atoms with Gasteiger partial charge in [-0.1, -0.05) is 26.7 Å². The Kier molecular flexibility index (Phi) is 9.00. The van der Waals surface area contributed by atoms with Gasteiger partial charge in [0.2, 0.25) is 0 Å². The lowest BCUT2D eigenvalue weighted by Gasteiger charge is -2.15. The minimum absolute atomic E-state index is 0.301. The van der Waals surface area contributed by atoms with E-state index in [1.807, 2.05) is 26.8 Å². The van der Waals surface area contributed by atoms with E-state index in [0.29, 0.717) is 23.4 Å². The lowest BCUT2D eigenvalue weighted by Crippen LogP contribution is -2.42. The quantitative estimate of drug-likeness (QED) is 0.451. The van der Waals surface area contributed by atoms with Gasteiger partial charge in [0.25, 0.3) is 5.91 Å². The van der Waals surface area contributed by atoms with E-state index >= 15 is 0 Å². The van der Waals surface area contributed by atoms with E-state index < -0.39 is 17.8 Å². The standard InChI is InChI=1S/C20H22FN3O2.C4H11N/c1-4-5-8-22-20(26)24-18-7-6-14(21)10-15(18)16(19(24)25)11-17-12(2)9-13(3)23-17;1-2-3-4-5/h6-7,9-11,23H,4-5,8H2,1-3H3,(H,22,26);2-5H2,1H3/b16-11-;. The summed E-state index contributed by atoms with van der Waals surface area (Å²) in [6.45, 7) is 9.34. The minimum Gasteiger partial charge on any atom is -0.359 e. The molecule has 0 aliphatic carbocycles. The summed E-state index contributed by atoms with van der Waals surface area (Å²) < 4.78 is 13.8. The molecule has 0 saturated carbocycles. The average molecular weight is 429 g/mol. The van der Waals surface area contributed by atoms with Gasteiger partial charge in [-0.3, -0.25) is 4.79 Å². The molecule has 0 bridgehead atoms. The molecule has 4 N–H and O–H groups in total. The smallest absolute Gasteiger partial charge is 0.329 e. The van der Waals surface area contributed by atoms with E-state index in [0.717, 1.165) is 41.2 Å². The number of aryl methyl sites for hydroxylation is 2. The van der Waals surface area contributed by atoms with Crippen LogP contribution in [-0.4, -0.2) is 30.0 Å². The van der Waals surface area contributed by atoms with Crippen LogP contribution in [0.5, 0.6) is 0 Å². The number of nitrogens with two attached hydrogens (primary N) is 1. The number of anilines is 1. The zero-order chi connectivity index (χ0) is 23.0. The summed E-state index contributed by atoms with van der Waals surface area (Å²) in [5.41, 5.74) is 8.98. The lowest BCUT2D eigenvalue weighted by atomic mass is 10.1. The fraction of sp³-hybridized carbons (Fsp3) is 0.417. The molecule has 2 aromatic rings. The van der Waals surface area contributed by atoms with Crippen LogP contribution in [0.2, 0.25) is 0 Å². The van der Waals surface area contributed by atoms with Gasteiger partial charge < -0.3 is 16.0 Å². The van der Waals surface area contributed by atoms with Crippen LogP contribution in [0.3, 0.4) is 0 Å². The normalized spacial score (nSPS) is 13.8. The van der Waals surface area contributed by atoms with E-state index in [2.05, 4.69) is 17.2 Å². The molecule has 0 spiro atoms. The number of imide groups is 1. The van der Waals surface area contributed by atoms with Crippen molar-refractivity contribution < 1.29 is 14.0 Å². The number of fused-ring (bicyclic) bond motifs is 1. The number of H-pyrrole nitrogens is 1. The van der Waals surface area contributed by atoms with Gasteiger partial charge >= 0.3 is 6.03 Å². The molecule has 1 aromatic heterocycles. The van der Waals surface area contributed by atoms with Crippen molar-refractivity contribution in [1.82, 2.24) is 10.3 Å². The van der Waals surface area contributed by atoms with E-state index in [4.69, 9.17) is 5.73 Å². The Balaban J connectivity index is 0.000000614. The fourth-order valence-electron chi connectivity index (χ4n) is 3.30. The van der Waals surface area contributed by atoms with Crippen molar-refractivity contribution in [1.29, 1.82) is 0 Å². The number of nitrogens with one attached hydrogen (secondary N) is 2. The molecule has 0 saturated heterocycles. The largest absolute Gasteiger partial charge is 0.359 e. The van der Waals surface area contributed by atoms with Gasteiger partial charge in [-0.05, 0) is 69.1 Å². The molecule has 1 aliphatic heterocycles. The van der Waals surface area contributed by atoms with Crippen molar-refractivity contribution in [2.24, 2.45) is 5.73 Å². The Hall–Kier alpha value is -2.93.